The third kappa shape index (κ3) is 3.18. The number of carbonyl (C=O) groups excluding carboxylic acids is 3. The van der Waals surface area contributed by atoms with Crippen molar-refractivity contribution in [3.05, 3.63) is 29.6 Å². The third-order valence-corrected chi connectivity index (χ3v) is 4.96. The van der Waals surface area contributed by atoms with Gasteiger partial charge in [-0.05, 0) is 43.5 Å². The average molecular weight is 332 g/mol. The van der Waals surface area contributed by atoms with Crippen LogP contribution in [0.5, 0.6) is 0 Å². The Morgan fingerprint density at radius 3 is 2.42 bits per heavy atom. The zero-order chi connectivity index (χ0) is 17.3. The lowest BCUT2D eigenvalue weighted by Gasteiger charge is -2.19. The molecule has 1 heterocycles. The van der Waals surface area contributed by atoms with Gasteiger partial charge in [-0.25, -0.2) is 4.39 Å². The Labute approximate surface area is 140 Å². The molecule has 2 atom stereocenters. The Hall–Kier alpha value is -2.24. The number of anilines is 1. The molecule has 2 aliphatic rings. The van der Waals surface area contributed by atoms with Crippen molar-refractivity contribution < 1.29 is 18.8 Å². The highest BCUT2D eigenvalue weighted by molar-refractivity contribution is 6.05. The maximum Gasteiger partial charge on any atom is 0.233 e. The minimum atomic E-state index is -0.360. The highest BCUT2D eigenvalue weighted by atomic mass is 19.1. The van der Waals surface area contributed by atoms with Crippen LogP contribution in [0.15, 0.2) is 18.2 Å². The maximum atomic E-state index is 13.1. The predicted molar refractivity (Wildman–Crippen MR) is 86.6 cm³/mol. The number of benzene rings is 1. The molecule has 1 aromatic carbocycles. The number of amides is 3. The lowest BCUT2D eigenvalue weighted by Crippen LogP contribution is -2.34. The smallest absolute Gasteiger partial charge is 0.233 e. The molecule has 0 radical (unpaired) electrons. The number of hydrogen-bond donors (Lipinski definition) is 1. The summed E-state index contributed by atoms with van der Waals surface area (Å²) in [4.78, 5) is 38.0. The van der Waals surface area contributed by atoms with Crippen LogP contribution in [-0.2, 0) is 14.4 Å². The second kappa shape index (κ2) is 6.71. The van der Waals surface area contributed by atoms with Gasteiger partial charge in [0.15, 0.2) is 0 Å². The fourth-order valence-corrected chi connectivity index (χ4v) is 3.64. The first-order chi connectivity index (χ1) is 11.5. The summed E-state index contributed by atoms with van der Waals surface area (Å²) >= 11 is 0. The van der Waals surface area contributed by atoms with Gasteiger partial charge >= 0.3 is 0 Å². The first-order valence-electron chi connectivity index (χ1n) is 8.38. The van der Waals surface area contributed by atoms with Crippen LogP contribution in [0.25, 0.3) is 0 Å². The van der Waals surface area contributed by atoms with Gasteiger partial charge in [0.05, 0.1) is 11.8 Å². The Balaban J connectivity index is 1.58. The van der Waals surface area contributed by atoms with Gasteiger partial charge in [-0.15, -0.1) is 0 Å². The van der Waals surface area contributed by atoms with E-state index in [9.17, 15) is 18.8 Å². The molecule has 1 saturated heterocycles. The summed E-state index contributed by atoms with van der Waals surface area (Å²) in [5.74, 6) is -1.28. The molecule has 0 bridgehead atoms. The molecule has 1 aliphatic carbocycles. The van der Waals surface area contributed by atoms with Crippen molar-refractivity contribution in [2.75, 3.05) is 11.9 Å². The molecule has 24 heavy (non-hydrogen) atoms. The summed E-state index contributed by atoms with van der Waals surface area (Å²) in [6.07, 6.45) is 3.56. The number of nitrogens with one attached hydrogen (secondary N) is 1. The van der Waals surface area contributed by atoms with E-state index in [-0.39, 0.29) is 48.3 Å². The third-order valence-electron chi connectivity index (χ3n) is 4.96. The van der Waals surface area contributed by atoms with Crippen molar-refractivity contribution in [2.24, 2.45) is 11.8 Å². The lowest BCUT2D eigenvalue weighted by atomic mass is 9.81. The first-order valence-corrected chi connectivity index (χ1v) is 8.38. The topological polar surface area (TPSA) is 66.5 Å². The summed E-state index contributed by atoms with van der Waals surface area (Å²) in [7, 11) is 0. The number of halogens is 1. The normalized spacial score (nSPS) is 23.3. The van der Waals surface area contributed by atoms with Crippen LogP contribution in [0.4, 0.5) is 10.1 Å². The van der Waals surface area contributed by atoms with Crippen LogP contribution in [0, 0.1) is 24.6 Å². The fourth-order valence-electron chi connectivity index (χ4n) is 3.64. The molecule has 0 unspecified atom stereocenters. The molecule has 1 saturated carbocycles. The molecule has 2 fully saturated rings. The van der Waals surface area contributed by atoms with E-state index < -0.39 is 0 Å². The van der Waals surface area contributed by atoms with Crippen LogP contribution in [0.3, 0.4) is 0 Å². The second-order valence-electron chi connectivity index (χ2n) is 6.58. The minimum absolute atomic E-state index is 0.0493. The molecule has 5 nitrogen and oxygen atoms in total. The quantitative estimate of drug-likeness (QED) is 0.862. The predicted octanol–water partition coefficient (Wildman–Crippen LogP) is 2.64. The Morgan fingerprint density at radius 2 is 1.83 bits per heavy atom. The Morgan fingerprint density at radius 1 is 1.21 bits per heavy atom. The van der Waals surface area contributed by atoms with Gasteiger partial charge in [0, 0.05) is 18.7 Å². The fraction of sp³-hybridized carbons (Fsp3) is 0.500. The number of imide groups is 1. The monoisotopic (exact) mass is 332 g/mol. The molecule has 1 aliphatic heterocycles. The van der Waals surface area contributed by atoms with E-state index in [2.05, 4.69) is 5.32 Å². The van der Waals surface area contributed by atoms with E-state index in [4.69, 9.17) is 0 Å². The van der Waals surface area contributed by atoms with Crippen molar-refractivity contribution in [3.63, 3.8) is 0 Å². The van der Waals surface area contributed by atoms with Crippen molar-refractivity contribution in [2.45, 2.75) is 39.0 Å². The van der Waals surface area contributed by atoms with Gasteiger partial charge in [-0.2, -0.15) is 0 Å². The van der Waals surface area contributed by atoms with Gasteiger partial charge in [0.25, 0.3) is 0 Å². The van der Waals surface area contributed by atoms with E-state index >= 15 is 0 Å². The zero-order valence-corrected chi connectivity index (χ0v) is 13.7. The zero-order valence-electron chi connectivity index (χ0n) is 13.7. The standard InChI is InChI=1S/C18H21FN2O3/c1-11-10-12(19)6-7-15(11)20-16(22)8-9-21-17(23)13-4-2-3-5-14(13)18(21)24/h6-7,10,13-14H,2-5,8-9H2,1H3,(H,20,22)/t13-,14+. The number of carbonyl (C=O) groups is 3. The summed E-state index contributed by atoms with van der Waals surface area (Å²) in [5, 5.41) is 2.70. The molecule has 0 aromatic heterocycles. The molecule has 3 rings (SSSR count). The molecule has 1 N–H and O–H groups in total. The van der Waals surface area contributed by atoms with Crippen LogP contribution in [0.2, 0.25) is 0 Å². The number of rotatable bonds is 4. The van der Waals surface area contributed by atoms with Gasteiger partial charge in [-0.1, -0.05) is 12.8 Å². The largest absolute Gasteiger partial charge is 0.326 e. The highest BCUT2D eigenvalue weighted by Gasteiger charge is 2.47. The number of aryl methyl sites for hydroxylation is 1. The van der Waals surface area contributed by atoms with Crippen molar-refractivity contribution in [3.8, 4) is 0 Å². The lowest BCUT2D eigenvalue weighted by molar-refractivity contribution is -0.140. The Kier molecular flexibility index (Phi) is 4.64. The summed E-state index contributed by atoms with van der Waals surface area (Å²) in [6, 6.07) is 4.12. The highest BCUT2D eigenvalue weighted by Crippen LogP contribution is 2.37. The number of hydrogen-bond acceptors (Lipinski definition) is 3. The first kappa shape index (κ1) is 16.6. The molecule has 128 valence electrons. The van der Waals surface area contributed by atoms with Crippen molar-refractivity contribution in [1.82, 2.24) is 4.90 Å². The Bertz CT molecular complexity index is 665. The van der Waals surface area contributed by atoms with E-state index in [1.165, 1.54) is 23.1 Å². The van der Waals surface area contributed by atoms with Crippen molar-refractivity contribution >= 4 is 23.4 Å². The van der Waals surface area contributed by atoms with Crippen LogP contribution in [0.1, 0.15) is 37.7 Å². The van der Waals surface area contributed by atoms with E-state index in [1.807, 2.05) is 0 Å². The molecular formula is C18H21FN2O3. The van der Waals surface area contributed by atoms with Crippen LogP contribution >= 0.6 is 0 Å². The average Bonchev–Trinajstić information content (AvgIpc) is 2.80. The molecule has 1 aromatic rings. The number of nitrogens with zero attached hydrogens (tertiary/aromatic N) is 1. The number of likely N-dealkylation sites (tertiary alicyclic amines) is 1. The second-order valence-corrected chi connectivity index (χ2v) is 6.58. The molecule has 3 amide bonds. The van der Waals surface area contributed by atoms with Crippen molar-refractivity contribution in [1.29, 1.82) is 0 Å². The molecule has 6 heteroatoms. The minimum Gasteiger partial charge on any atom is -0.326 e. The van der Waals surface area contributed by atoms with E-state index in [0.29, 0.717) is 11.3 Å². The molecule has 0 spiro atoms. The summed E-state index contributed by atoms with van der Waals surface area (Å²) < 4.78 is 13.1. The summed E-state index contributed by atoms with van der Waals surface area (Å²) in [6.45, 7) is 1.81. The molecular weight excluding hydrogens is 311 g/mol. The maximum absolute atomic E-state index is 13.1. The van der Waals surface area contributed by atoms with Crippen LogP contribution < -0.4 is 5.32 Å². The van der Waals surface area contributed by atoms with Gasteiger partial charge in [-0.3, -0.25) is 19.3 Å². The van der Waals surface area contributed by atoms with Gasteiger partial charge in [0.2, 0.25) is 17.7 Å². The van der Waals surface area contributed by atoms with E-state index in [1.54, 1.807) is 6.92 Å². The summed E-state index contributed by atoms with van der Waals surface area (Å²) in [5.41, 5.74) is 1.16. The number of fused-ring (bicyclic) bond motifs is 1. The SMILES string of the molecule is Cc1cc(F)ccc1NC(=O)CCN1C(=O)[C@H]2CCCC[C@H]2C1=O. The van der Waals surface area contributed by atoms with Gasteiger partial charge in [0.1, 0.15) is 5.82 Å². The van der Waals surface area contributed by atoms with E-state index in [0.717, 1.165) is 25.7 Å². The van der Waals surface area contributed by atoms with Gasteiger partial charge < -0.3 is 5.32 Å². The van der Waals surface area contributed by atoms with Crippen LogP contribution in [-0.4, -0.2) is 29.2 Å².